The maximum atomic E-state index is 12.7. The number of fused-ring (bicyclic) bond motifs is 1. The van der Waals surface area contributed by atoms with E-state index in [2.05, 4.69) is 17.2 Å². The maximum Gasteiger partial charge on any atom is 0.434 e. The Bertz CT molecular complexity index is 500. The van der Waals surface area contributed by atoms with E-state index in [4.69, 9.17) is 4.74 Å². The topological polar surface area (TPSA) is 39.1 Å². The zero-order valence-electron chi connectivity index (χ0n) is 12.0. The van der Waals surface area contributed by atoms with Crippen molar-refractivity contribution in [2.75, 3.05) is 13.2 Å². The third kappa shape index (κ3) is 3.23. The summed E-state index contributed by atoms with van der Waals surface area (Å²) >= 11 is 0. The van der Waals surface area contributed by atoms with E-state index < -0.39 is 11.9 Å². The van der Waals surface area contributed by atoms with Gasteiger partial charge in [-0.2, -0.15) is 13.2 Å². The van der Waals surface area contributed by atoms with Gasteiger partial charge in [0.05, 0.1) is 6.10 Å². The molecule has 1 fully saturated rings. The zero-order valence-corrected chi connectivity index (χ0v) is 12.0. The Balaban J connectivity index is 1.58. The molecule has 4 nitrogen and oxygen atoms in total. The van der Waals surface area contributed by atoms with E-state index in [1.807, 2.05) is 0 Å². The van der Waals surface area contributed by atoms with Gasteiger partial charge in [-0.25, -0.2) is 4.98 Å². The molecule has 118 valence electrons. The Kier molecular flexibility index (Phi) is 3.96. The molecule has 7 heteroatoms. The highest BCUT2D eigenvalue weighted by Crippen LogP contribution is 2.30. The smallest absolute Gasteiger partial charge is 0.377 e. The summed E-state index contributed by atoms with van der Waals surface area (Å²) in [5.41, 5.74) is -0.774. The van der Waals surface area contributed by atoms with Gasteiger partial charge in [0.25, 0.3) is 0 Å². The quantitative estimate of drug-likeness (QED) is 0.931. The summed E-state index contributed by atoms with van der Waals surface area (Å²) < 4.78 is 45.2. The van der Waals surface area contributed by atoms with Crippen LogP contribution in [0.25, 0.3) is 0 Å². The molecule has 2 aliphatic rings. The van der Waals surface area contributed by atoms with Gasteiger partial charge >= 0.3 is 6.18 Å². The molecule has 1 aromatic rings. The Hall–Kier alpha value is -1.08. The van der Waals surface area contributed by atoms with E-state index in [-0.39, 0.29) is 6.10 Å². The molecule has 0 aromatic carbocycles. The number of aryl methyl sites for hydroxylation is 1. The second-order valence-corrected chi connectivity index (χ2v) is 5.98. The van der Waals surface area contributed by atoms with Crippen LogP contribution in [-0.2, 0) is 23.9 Å². The minimum atomic E-state index is -4.35. The van der Waals surface area contributed by atoms with E-state index >= 15 is 0 Å². The summed E-state index contributed by atoms with van der Waals surface area (Å²) in [4.78, 5) is 3.70. The normalized spacial score (nSPS) is 29.6. The molecule has 0 spiro atoms. The van der Waals surface area contributed by atoms with E-state index in [1.165, 1.54) is 0 Å². The average Bonchev–Trinajstić information content (AvgIpc) is 3.01. The first-order valence-corrected chi connectivity index (χ1v) is 7.41. The molecule has 2 aliphatic heterocycles. The van der Waals surface area contributed by atoms with Gasteiger partial charge in [-0.3, -0.25) is 0 Å². The molecule has 1 saturated heterocycles. The Labute approximate surface area is 121 Å². The zero-order chi connectivity index (χ0) is 15.0. The molecule has 21 heavy (non-hydrogen) atoms. The van der Waals surface area contributed by atoms with Crippen molar-refractivity contribution in [1.29, 1.82) is 0 Å². The second-order valence-electron chi connectivity index (χ2n) is 5.98. The molecular weight excluding hydrogens is 283 g/mol. The van der Waals surface area contributed by atoms with Crippen LogP contribution in [-0.4, -0.2) is 34.8 Å². The fourth-order valence-electron chi connectivity index (χ4n) is 3.14. The summed E-state index contributed by atoms with van der Waals surface area (Å²) in [6.07, 6.45) is -0.503. The number of aromatic nitrogens is 2. The molecule has 0 saturated carbocycles. The average molecular weight is 303 g/mol. The van der Waals surface area contributed by atoms with Gasteiger partial charge in [0.2, 0.25) is 0 Å². The molecule has 0 aliphatic carbocycles. The highest BCUT2D eigenvalue weighted by molar-refractivity contribution is 5.10. The number of halogens is 3. The van der Waals surface area contributed by atoms with E-state index in [0.717, 1.165) is 32.2 Å². The first kappa shape index (κ1) is 14.8. The summed E-state index contributed by atoms with van der Waals surface area (Å²) in [5, 5.41) is 3.49. The number of nitrogens with one attached hydrogen (secondary N) is 1. The van der Waals surface area contributed by atoms with Crippen molar-refractivity contribution in [3.05, 3.63) is 17.7 Å². The predicted octanol–water partition coefficient (Wildman–Crippen LogP) is 2.23. The molecule has 3 heterocycles. The van der Waals surface area contributed by atoms with E-state index in [1.54, 1.807) is 4.57 Å². The summed E-state index contributed by atoms with van der Waals surface area (Å²) in [7, 11) is 0. The SMILES string of the molecule is C[C@@H]1OCC[C@H]1NC[C@H]1CCc2nc(C(F)(F)F)cn2C1. The lowest BCUT2D eigenvalue weighted by molar-refractivity contribution is -0.141. The first-order chi connectivity index (χ1) is 9.93. The van der Waals surface area contributed by atoms with Crippen molar-refractivity contribution < 1.29 is 17.9 Å². The Morgan fingerprint density at radius 1 is 1.43 bits per heavy atom. The number of hydrogen-bond donors (Lipinski definition) is 1. The largest absolute Gasteiger partial charge is 0.434 e. The van der Waals surface area contributed by atoms with Gasteiger partial charge in [-0.15, -0.1) is 0 Å². The van der Waals surface area contributed by atoms with Crippen molar-refractivity contribution in [1.82, 2.24) is 14.9 Å². The number of ether oxygens (including phenoxy) is 1. The fraction of sp³-hybridized carbons (Fsp3) is 0.786. The van der Waals surface area contributed by atoms with Gasteiger partial charge in [0, 0.05) is 38.4 Å². The van der Waals surface area contributed by atoms with Crippen molar-refractivity contribution in [3.8, 4) is 0 Å². The standard InChI is InChI=1S/C14H20F3N3O/c1-9-11(4-5-21-9)18-6-10-2-3-13-19-12(14(15,16)17)8-20(13)7-10/h8-11,18H,2-7H2,1H3/t9-,10+,11+/m0/s1. The summed E-state index contributed by atoms with van der Waals surface area (Å²) in [5.74, 6) is 0.900. The van der Waals surface area contributed by atoms with Crippen LogP contribution in [0.5, 0.6) is 0 Å². The third-order valence-electron chi connectivity index (χ3n) is 4.43. The monoisotopic (exact) mass is 303 g/mol. The maximum absolute atomic E-state index is 12.7. The minimum absolute atomic E-state index is 0.217. The van der Waals surface area contributed by atoms with Crippen LogP contribution in [0.4, 0.5) is 13.2 Å². The summed E-state index contributed by atoms with van der Waals surface area (Å²) in [6, 6.07) is 0.361. The number of hydrogen-bond acceptors (Lipinski definition) is 3. The molecular formula is C14H20F3N3O. The van der Waals surface area contributed by atoms with Gasteiger partial charge in [0.15, 0.2) is 5.69 Å². The van der Waals surface area contributed by atoms with E-state index in [0.29, 0.717) is 30.7 Å². The molecule has 0 unspecified atom stereocenters. The molecule has 0 radical (unpaired) electrons. The Morgan fingerprint density at radius 3 is 2.90 bits per heavy atom. The van der Waals surface area contributed by atoms with Gasteiger partial charge in [-0.05, 0) is 25.7 Å². The van der Waals surface area contributed by atoms with Crippen LogP contribution in [0.1, 0.15) is 31.3 Å². The van der Waals surface area contributed by atoms with Crippen molar-refractivity contribution >= 4 is 0 Å². The fourth-order valence-corrected chi connectivity index (χ4v) is 3.14. The van der Waals surface area contributed by atoms with Crippen molar-refractivity contribution in [2.45, 2.75) is 51.1 Å². The van der Waals surface area contributed by atoms with Crippen LogP contribution < -0.4 is 5.32 Å². The number of imidazole rings is 1. The molecule has 0 amide bonds. The van der Waals surface area contributed by atoms with Crippen molar-refractivity contribution in [3.63, 3.8) is 0 Å². The predicted molar refractivity (Wildman–Crippen MR) is 70.9 cm³/mol. The molecule has 0 bridgehead atoms. The van der Waals surface area contributed by atoms with Gasteiger partial charge < -0.3 is 14.6 Å². The highest BCUT2D eigenvalue weighted by atomic mass is 19.4. The summed E-state index contributed by atoms with van der Waals surface area (Å²) in [6.45, 7) is 4.25. The lowest BCUT2D eigenvalue weighted by Crippen LogP contribution is -2.39. The lowest BCUT2D eigenvalue weighted by Gasteiger charge is -2.26. The second kappa shape index (κ2) is 5.61. The van der Waals surface area contributed by atoms with Crippen LogP contribution >= 0.6 is 0 Å². The number of nitrogens with zero attached hydrogens (tertiary/aromatic N) is 2. The van der Waals surface area contributed by atoms with E-state index in [9.17, 15) is 13.2 Å². The third-order valence-corrected chi connectivity index (χ3v) is 4.43. The number of alkyl halides is 3. The van der Waals surface area contributed by atoms with Crippen LogP contribution in [0, 0.1) is 5.92 Å². The number of rotatable bonds is 3. The molecule has 3 rings (SSSR count). The molecule has 1 N–H and O–H groups in total. The van der Waals surface area contributed by atoms with Crippen LogP contribution in [0.15, 0.2) is 6.20 Å². The van der Waals surface area contributed by atoms with Crippen molar-refractivity contribution in [2.24, 2.45) is 5.92 Å². The minimum Gasteiger partial charge on any atom is -0.377 e. The highest BCUT2D eigenvalue weighted by Gasteiger charge is 2.36. The van der Waals surface area contributed by atoms with Crippen LogP contribution in [0.2, 0.25) is 0 Å². The first-order valence-electron chi connectivity index (χ1n) is 7.41. The Morgan fingerprint density at radius 2 is 2.24 bits per heavy atom. The van der Waals surface area contributed by atoms with Crippen LogP contribution in [0.3, 0.4) is 0 Å². The van der Waals surface area contributed by atoms with Gasteiger partial charge in [-0.1, -0.05) is 0 Å². The van der Waals surface area contributed by atoms with Gasteiger partial charge in [0.1, 0.15) is 5.82 Å². The lowest BCUT2D eigenvalue weighted by atomic mass is 9.98. The molecule has 3 atom stereocenters. The molecule has 1 aromatic heterocycles.